The molecule has 0 radical (unpaired) electrons. The topological polar surface area (TPSA) is 0 Å². The maximum atomic E-state index is 2.45. The van der Waals surface area contributed by atoms with Gasteiger partial charge in [-0.3, -0.25) is 0 Å². The van der Waals surface area contributed by atoms with Gasteiger partial charge < -0.3 is 0 Å². The molecular formula is C24H20. The Kier molecular flexibility index (Phi) is 3.16. The minimum absolute atomic E-state index is 0.632. The van der Waals surface area contributed by atoms with E-state index in [1.165, 1.54) is 45.2 Å². The predicted molar refractivity (Wildman–Crippen MR) is 103 cm³/mol. The standard InChI is InChI=1S/C24H20/c1-2-6-17(7-3-1)19-11-13-22-20(16-19)12-15-23-21-9-5-4-8-18(21)10-14-24(22)23/h1-4,6-8,11-16,18H,5,9-10H2. The van der Waals surface area contributed by atoms with E-state index in [2.05, 4.69) is 78.9 Å². The molecule has 1 unspecified atom stereocenters. The molecule has 0 fully saturated rings. The normalized spacial score (nSPS) is 18.8. The summed E-state index contributed by atoms with van der Waals surface area (Å²) in [6.45, 7) is 0. The summed E-state index contributed by atoms with van der Waals surface area (Å²) < 4.78 is 0. The van der Waals surface area contributed by atoms with Gasteiger partial charge in [0.25, 0.3) is 0 Å². The van der Waals surface area contributed by atoms with Crippen molar-refractivity contribution in [3.8, 4) is 11.1 Å². The summed E-state index contributed by atoms with van der Waals surface area (Å²) >= 11 is 0. The summed E-state index contributed by atoms with van der Waals surface area (Å²) in [5, 5.41) is 5.67. The number of allylic oxidation sites excluding steroid dienone is 2. The van der Waals surface area contributed by atoms with Gasteiger partial charge in [-0.05, 0) is 57.7 Å². The maximum Gasteiger partial charge on any atom is 0.00209 e. The number of hydrogen-bond donors (Lipinski definition) is 0. The molecule has 1 atom stereocenters. The third kappa shape index (κ3) is 2.14. The van der Waals surface area contributed by atoms with Gasteiger partial charge in [0.1, 0.15) is 0 Å². The van der Waals surface area contributed by atoms with Gasteiger partial charge in [-0.2, -0.15) is 0 Å². The minimum atomic E-state index is 0.632. The second-order valence-corrected chi connectivity index (χ2v) is 6.87. The highest BCUT2D eigenvalue weighted by Crippen LogP contribution is 2.29. The van der Waals surface area contributed by atoms with Crippen LogP contribution in [0.4, 0.5) is 0 Å². The van der Waals surface area contributed by atoms with Crippen molar-refractivity contribution in [1.29, 1.82) is 0 Å². The van der Waals surface area contributed by atoms with Crippen molar-refractivity contribution in [2.45, 2.75) is 19.3 Å². The molecule has 24 heavy (non-hydrogen) atoms. The average molecular weight is 308 g/mol. The Morgan fingerprint density at radius 3 is 2.67 bits per heavy atom. The molecule has 2 aliphatic carbocycles. The van der Waals surface area contributed by atoms with Gasteiger partial charge in [0.15, 0.2) is 0 Å². The van der Waals surface area contributed by atoms with Gasteiger partial charge in [0, 0.05) is 5.92 Å². The lowest BCUT2D eigenvalue weighted by Crippen LogP contribution is -2.33. The fourth-order valence-corrected chi connectivity index (χ4v) is 4.26. The highest BCUT2D eigenvalue weighted by atomic mass is 14.2. The van der Waals surface area contributed by atoms with Crippen LogP contribution in [-0.2, 0) is 0 Å². The van der Waals surface area contributed by atoms with Gasteiger partial charge in [-0.15, -0.1) is 0 Å². The summed E-state index contributed by atoms with van der Waals surface area (Å²) in [4.78, 5) is 0. The van der Waals surface area contributed by atoms with Gasteiger partial charge in [0.2, 0.25) is 0 Å². The van der Waals surface area contributed by atoms with Crippen LogP contribution in [0, 0.1) is 5.92 Å². The molecule has 0 spiro atoms. The molecule has 3 aromatic rings. The van der Waals surface area contributed by atoms with Crippen LogP contribution in [0.5, 0.6) is 0 Å². The lowest BCUT2D eigenvalue weighted by Gasteiger charge is -2.23. The number of rotatable bonds is 1. The van der Waals surface area contributed by atoms with E-state index in [-0.39, 0.29) is 0 Å². The van der Waals surface area contributed by atoms with Crippen LogP contribution in [0.3, 0.4) is 0 Å². The van der Waals surface area contributed by atoms with Crippen molar-refractivity contribution in [3.05, 3.63) is 83.3 Å². The van der Waals surface area contributed by atoms with Crippen molar-refractivity contribution in [3.63, 3.8) is 0 Å². The fraction of sp³-hybridized carbons (Fsp3) is 0.167. The first kappa shape index (κ1) is 13.8. The molecule has 0 amide bonds. The number of hydrogen-bond acceptors (Lipinski definition) is 0. The minimum Gasteiger partial charge on any atom is -0.0876 e. The molecule has 0 heteroatoms. The Labute approximate surface area is 142 Å². The van der Waals surface area contributed by atoms with Gasteiger partial charge in [-0.25, -0.2) is 0 Å². The largest absolute Gasteiger partial charge is 0.0876 e. The quantitative estimate of drug-likeness (QED) is 0.566. The number of benzene rings is 3. The summed E-state index contributed by atoms with van der Waals surface area (Å²) in [6.07, 6.45) is 10.8. The summed E-state index contributed by atoms with van der Waals surface area (Å²) in [6, 6.07) is 22.2. The Balaban J connectivity index is 1.75. The molecule has 116 valence electrons. The molecule has 0 saturated heterocycles. The highest BCUT2D eigenvalue weighted by Gasteiger charge is 2.18. The van der Waals surface area contributed by atoms with Crippen LogP contribution in [0.25, 0.3) is 33.5 Å². The van der Waals surface area contributed by atoms with Gasteiger partial charge in [-0.1, -0.05) is 78.4 Å². The van der Waals surface area contributed by atoms with Crippen LogP contribution in [0.2, 0.25) is 0 Å². The first-order chi connectivity index (χ1) is 11.9. The second kappa shape index (κ2) is 5.49. The third-order valence-electron chi connectivity index (χ3n) is 5.49. The van der Waals surface area contributed by atoms with E-state index in [1.807, 2.05) is 0 Å². The molecule has 5 rings (SSSR count). The molecule has 0 heterocycles. The molecule has 0 N–H and O–H groups in total. The molecule has 0 aromatic heterocycles. The van der Waals surface area contributed by atoms with E-state index >= 15 is 0 Å². The van der Waals surface area contributed by atoms with Crippen molar-refractivity contribution < 1.29 is 0 Å². The van der Waals surface area contributed by atoms with Gasteiger partial charge in [0.05, 0.1) is 0 Å². The van der Waals surface area contributed by atoms with Crippen LogP contribution in [-0.4, -0.2) is 0 Å². The molecule has 0 aliphatic heterocycles. The summed E-state index contributed by atoms with van der Waals surface area (Å²) in [5.41, 5.74) is 4.22. The maximum absolute atomic E-state index is 2.45. The molecule has 0 saturated carbocycles. The first-order valence-corrected chi connectivity index (χ1v) is 8.88. The molecule has 0 bridgehead atoms. The summed E-state index contributed by atoms with van der Waals surface area (Å²) in [7, 11) is 0. The van der Waals surface area contributed by atoms with Crippen LogP contribution >= 0.6 is 0 Å². The zero-order valence-electron chi connectivity index (χ0n) is 13.7. The Hall–Kier alpha value is -2.60. The molecular weight excluding hydrogens is 288 g/mol. The average Bonchev–Trinajstić information content (AvgIpc) is 2.67. The monoisotopic (exact) mass is 308 g/mol. The summed E-state index contributed by atoms with van der Waals surface area (Å²) in [5.74, 6) is 0.632. The predicted octanol–water partition coefficient (Wildman–Crippen LogP) is 4.81. The van der Waals surface area contributed by atoms with Crippen molar-refractivity contribution in [2.24, 2.45) is 5.92 Å². The molecule has 0 nitrogen and oxygen atoms in total. The van der Waals surface area contributed by atoms with E-state index in [0.717, 1.165) is 6.42 Å². The van der Waals surface area contributed by atoms with Crippen LogP contribution < -0.4 is 10.4 Å². The van der Waals surface area contributed by atoms with E-state index in [0.29, 0.717) is 5.92 Å². The Morgan fingerprint density at radius 2 is 1.75 bits per heavy atom. The van der Waals surface area contributed by atoms with E-state index in [1.54, 1.807) is 5.57 Å². The Bertz CT molecular complexity index is 1070. The van der Waals surface area contributed by atoms with E-state index < -0.39 is 0 Å². The zero-order chi connectivity index (χ0) is 15.9. The Morgan fingerprint density at radius 1 is 0.833 bits per heavy atom. The van der Waals surface area contributed by atoms with Crippen LogP contribution in [0.1, 0.15) is 19.3 Å². The van der Waals surface area contributed by atoms with E-state index in [9.17, 15) is 0 Å². The first-order valence-electron chi connectivity index (χ1n) is 8.88. The lowest BCUT2D eigenvalue weighted by atomic mass is 9.81. The second-order valence-electron chi connectivity index (χ2n) is 6.87. The SMILES string of the molecule is C1=CC2CC=c3c(ccc4cc(-c5ccccc5)ccc34)=C2CC1. The van der Waals surface area contributed by atoms with Crippen LogP contribution in [0.15, 0.2) is 72.8 Å². The van der Waals surface area contributed by atoms with Crippen molar-refractivity contribution >= 4 is 22.4 Å². The van der Waals surface area contributed by atoms with E-state index in [4.69, 9.17) is 0 Å². The highest BCUT2D eigenvalue weighted by molar-refractivity contribution is 5.89. The third-order valence-corrected chi connectivity index (χ3v) is 5.49. The molecule has 2 aliphatic rings. The smallest absolute Gasteiger partial charge is 0.00209 e. The zero-order valence-corrected chi connectivity index (χ0v) is 13.7. The van der Waals surface area contributed by atoms with Crippen molar-refractivity contribution in [2.75, 3.05) is 0 Å². The van der Waals surface area contributed by atoms with Crippen molar-refractivity contribution in [1.82, 2.24) is 0 Å². The lowest BCUT2D eigenvalue weighted by molar-refractivity contribution is 0.777. The molecule has 3 aromatic carbocycles. The van der Waals surface area contributed by atoms with Gasteiger partial charge >= 0.3 is 0 Å². The number of fused-ring (bicyclic) bond motifs is 4. The fourth-order valence-electron chi connectivity index (χ4n) is 4.26.